The number of fused-ring (bicyclic) bond motifs is 1. The van der Waals surface area contributed by atoms with Gasteiger partial charge in [-0.25, -0.2) is 0 Å². The van der Waals surface area contributed by atoms with Gasteiger partial charge in [0, 0.05) is 38.4 Å². The first-order valence-corrected chi connectivity index (χ1v) is 9.38. The number of aromatic nitrogens is 2. The monoisotopic (exact) mass is 388 g/mol. The van der Waals surface area contributed by atoms with E-state index in [1.54, 1.807) is 0 Å². The van der Waals surface area contributed by atoms with Crippen molar-refractivity contribution in [1.29, 1.82) is 0 Å². The molecule has 0 spiro atoms. The van der Waals surface area contributed by atoms with Crippen molar-refractivity contribution in [3.8, 4) is 0 Å². The van der Waals surface area contributed by atoms with E-state index < -0.39 is 0 Å². The van der Waals surface area contributed by atoms with E-state index in [1.807, 2.05) is 15.6 Å². The Morgan fingerprint density at radius 1 is 1.00 bits per heavy atom. The highest BCUT2D eigenvalue weighted by molar-refractivity contribution is 9.10. The molecule has 6 heteroatoms. The maximum Gasteiger partial charge on any atom is 0.275 e. The van der Waals surface area contributed by atoms with Crippen LogP contribution in [-0.4, -0.2) is 46.8 Å². The molecule has 126 valence electrons. The Bertz CT molecular complexity index is 735. The van der Waals surface area contributed by atoms with Gasteiger partial charge in [0.15, 0.2) is 5.69 Å². The molecule has 0 atom stereocenters. The number of amides is 1. The van der Waals surface area contributed by atoms with E-state index in [0.717, 1.165) is 50.0 Å². The van der Waals surface area contributed by atoms with Gasteiger partial charge in [-0.3, -0.25) is 9.48 Å². The second kappa shape index (κ2) is 6.59. The molecule has 1 aromatic heterocycles. The summed E-state index contributed by atoms with van der Waals surface area (Å²) in [6.45, 7) is 4.12. The predicted molar refractivity (Wildman–Crippen MR) is 97.4 cm³/mol. The molecule has 0 unspecified atom stereocenters. The van der Waals surface area contributed by atoms with Gasteiger partial charge in [-0.2, -0.15) is 5.10 Å². The molecule has 0 aliphatic carbocycles. The van der Waals surface area contributed by atoms with Crippen LogP contribution in [0.15, 0.2) is 34.8 Å². The minimum atomic E-state index is 0.0523. The maximum atomic E-state index is 12.9. The molecule has 2 aliphatic heterocycles. The number of aryl methyl sites for hydroxylation is 1. The summed E-state index contributed by atoms with van der Waals surface area (Å²) in [5, 5.41) is 4.57. The number of piperazine rings is 1. The van der Waals surface area contributed by atoms with E-state index in [2.05, 4.69) is 50.2 Å². The normalized spacial score (nSPS) is 17.7. The van der Waals surface area contributed by atoms with Gasteiger partial charge in [-0.15, -0.1) is 0 Å². The Labute approximate surface area is 150 Å². The lowest BCUT2D eigenvalue weighted by Crippen LogP contribution is -2.49. The molecule has 1 aromatic carbocycles. The predicted octanol–water partition coefficient (Wildman–Crippen LogP) is 2.94. The van der Waals surface area contributed by atoms with Crippen LogP contribution < -0.4 is 4.90 Å². The van der Waals surface area contributed by atoms with Crippen molar-refractivity contribution in [3.05, 3.63) is 46.2 Å². The topological polar surface area (TPSA) is 41.4 Å². The van der Waals surface area contributed by atoms with Gasteiger partial charge >= 0.3 is 0 Å². The zero-order valence-electron chi connectivity index (χ0n) is 13.6. The average Bonchev–Trinajstić information content (AvgIpc) is 2.99. The fraction of sp³-hybridized carbons (Fsp3) is 0.444. The van der Waals surface area contributed by atoms with E-state index in [0.29, 0.717) is 5.69 Å². The van der Waals surface area contributed by atoms with Crippen LogP contribution in [-0.2, 0) is 13.0 Å². The van der Waals surface area contributed by atoms with Crippen molar-refractivity contribution in [3.63, 3.8) is 0 Å². The Balaban J connectivity index is 1.46. The van der Waals surface area contributed by atoms with Crippen molar-refractivity contribution in [1.82, 2.24) is 14.7 Å². The van der Waals surface area contributed by atoms with Gasteiger partial charge in [0.1, 0.15) is 0 Å². The molecular formula is C18H21BrN4O. The first-order valence-electron chi connectivity index (χ1n) is 8.58. The second-order valence-corrected chi connectivity index (χ2v) is 7.20. The zero-order valence-corrected chi connectivity index (χ0v) is 15.2. The summed E-state index contributed by atoms with van der Waals surface area (Å²) in [6.07, 6.45) is 3.32. The Hall–Kier alpha value is -1.82. The number of benzene rings is 1. The molecule has 3 heterocycles. The fourth-order valence-corrected chi connectivity index (χ4v) is 4.20. The average molecular weight is 389 g/mol. The molecule has 1 amide bonds. The lowest BCUT2D eigenvalue weighted by atomic mass is 10.1. The number of hydrogen-bond donors (Lipinski definition) is 0. The summed E-state index contributed by atoms with van der Waals surface area (Å²) < 4.78 is 2.90. The summed E-state index contributed by atoms with van der Waals surface area (Å²) in [5.41, 5.74) is 2.98. The first-order chi connectivity index (χ1) is 11.7. The van der Waals surface area contributed by atoms with Crippen molar-refractivity contribution in [2.45, 2.75) is 25.8 Å². The van der Waals surface area contributed by atoms with Crippen molar-refractivity contribution in [2.24, 2.45) is 0 Å². The van der Waals surface area contributed by atoms with Crippen LogP contribution in [0.3, 0.4) is 0 Å². The highest BCUT2D eigenvalue weighted by Crippen LogP contribution is 2.28. The lowest BCUT2D eigenvalue weighted by molar-refractivity contribution is 0.0739. The summed E-state index contributed by atoms with van der Waals surface area (Å²) >= 11 is 3.61. The summed E-state index contributed by atoms with van der Waals surface area (Å²) in [5.74, 6) is 0.0523. The van der Waals surface area contributed by atoms with Gasteiger partial charge in [-0.1, -0.05) is 18.2 Å². The van der Waals surface area contributed by atoms with Crippen LogP contribution in [0.25, 0.3) is 0 Å². The van der Waals surface area contributed by atoms with E-state index >= 15 is 0 Å². The summed E-state index contributed by atoms with van der Waals surface area (Å²) in [6, 6.07) is 10.4. The van der Waals surface area contributed by atoms with Crippen LogP contribution in [0, 0.1) is 0 Å². The molecule has 2 aromatic rings. The number of carbonyl (C=O) groups is 1. The molecule has 4 rings (SSSR count). The third-order valence-electron chi connectivity index (χ3n) is 4.92. The molecule has 1 fully saturated rings. The third kappa shape index (κ3) is 2.83. The Morgan fingerprint density at radius 2 is 1.75 bits per heavy atom. The molecule has 1 saturated heterocycles. The minimum absolute atomic E-state index is 0.0523. The molecular weight excluding hydrogens is 368 g/mol. The standard InChI is InChI=1S/C18H21BrN4O/c19-16-15-8-4-5-9-23(15)20-17(16)18(24)22-12-10-21(11-13-22)14-6-2-1-3-7-14/h1-3,6-7H,4-5,8-13H2. The van der Waals surface area contributed by atoms with E-state index in [4.69, 9.17) is 0 Å². The van der Waals surface area contributed by atoms with E-state index in [-0.39, 0.29) is 5.91 Å². The lowest BCUT2D eigenvalue weighted by Gasteiger charge is -2.35. The van der Waals surface area contributed by atoms with Gasteiger partial charge in [0.05, 0.1) is 10.2 Å². The van der Waals surface area contributed by atoms with Crippen molar-refractivity contribution in [2.75, 3.05) is 31.1 Å². The molecule has 0 N–H and O–H groups in total. The minimum Gasteiger partial charge on any atom is -0.368 e. The molecule has 0 bridgehead atoms. The molecule has 0 saturated carbocycles. The number of hydrogen-bond acceptors (Lipinski definition) is 3. The van der Waals surface area contributed by atoms with E-state index in [9.17, 15) is 4.79 Å². The van der Waals surface area contributed by atoms with Gasteiger partial charge in [-0.05, 0) is 47.3 Å². The van der Waals surface area contributed by atoms with Crippen LogP contribution in [0.2, 0.25) is 0 Å². The number of nitrogens with zero attached hydrogens (tertiary/aromatic N) is 4. The highest BCUT2D eigenvalue weighted by atomic mass is 79.9. The summed E-state index contributed by atoms with van der Waals surface area (Å²) in [4.78, 5) is 17.1. The summed E-state index contributed by atoms with van der Waals surface area (Å²) in [7, 11) is 0. The molecule has 2 aliphatic rings. The number of carbonyl (C=O) groups excluding carboxylic acids is 1. The zero-order chi connectivity index (χ0) is 16.5. The Morgan fingerprint density at radius 3 is 2.46 bits per heavy atom. The molecule has 24 heavy (non-hydrogen) atoms. The van der Waals surface area contributed by atoms with Crippen LogP contribution in [0.5, 0.6) is 0 Å². The van der Waals surface area contributed by atoms with Crippen molar-refractivity contribution >= 4 is 27.5 Å². The smallest absolute Gasteiger partial charge is 0.275 e. The quantitative estimate of drug-likeness (QED) is 0.793. The number of rotatable bonds is 2. The molecule has 5 nitrogen and oxygen atoms in total. The van der Waals surface area contributed by atoms with Gasteiger partial charge in [0.2, 0.25) is 0 Å². The SMILES string of the molecule is O=C(c1nn2c(c1Br)CCCC2)N1CCN(c2ccccc2)CC1. The van der Waals surface area contributed by atoms with Gasteiger partial charge < -0.3 is 9.80 Å². The Kier molecular flexibility index (Phi) is 4.31. The van der Waals surface area contributed by atoms with Crippen LogP contribution in [0.1, 0.15) is 29.0 Å². The number of anilines is 1. The largest absolute Gasteiger partial charge is 0.368 e. The third-order valence-corrected chi connectivity index (χ3v) is 5.75. The number of para-hydroxylation sites is 1. The highest BCUT2D eigenvalue weighted by Gasteiger charge is 2.28. The second-order valence-electron chi connectivity index (χ2n) is 6.40. The van der Waals surface area contributed by atoms with Crippen LogP contribution in [0.4, 0.5) is 5.69 Å². The van der Waals surface area contributed by atoms with Crippen LogP contribution >= 0.6 is 15.9 Å². The fourth-order valence-electron chi connectivity index (χ4n) is 3.55. The van der Waals surface area contributed by atoms with Crippen molar-refractivity contribution < 1.29 is 4.79 Å². The number of halogens is 1. The first kappa shape index (κ1) is 15.7. The van der Waals surface area contributed by atoms with Gasteiger partial charge in [0.25, 0.3) is 5.91 Å². The maximum absolute atomic E-state index is 12.9. The molecule has 0 radical (unpaired) electrons. The van der Waals surface area contributed by atoms with E-state index in [1.165, 1.54) is 17.8 Å².